The number of amides is 1. The molecule has 0 aliphatic carbocycles. The van der Waals surface area contributed by atoms with Gasteiger partial charge in [-0.1, -0.05) is 19.1 Å². The van der Waals surface area contributed by atoms with E-state index in [1.165, 1.54) is 7.11 Å². The molecular formula is C17H20N4O3. The first-order valence-corrected chi connectivity index (χ1v) is 7.64. The topological polar surface area (TPSA) is 93.2 Å². The van der Waals surface area contributed by atoms with Crippen LogP contribution in [-0.2, 0) is 4.74 Å². The normalized spacial score (nSPS) is 11.5. The average Bonchev–Trinajstić information content (AvgIpc) is 2.62. The fourth-order valence-corrected chi connectivity index (χ4v) is 1.95. The minimum Gasteiger partial charge on any atom is -0.465 e. The number of nitrogens with one attached hydrogen (secondary N) is 2. The van der Waals surface area contributed by atoms with Crippen LogP contribution in [0.15, 0.2) is 36.4 Å². The third-order valence-corrected chi connectivity index (χ3v) is 3.48. The largest absolute Gasteiger partial charge is 0.465 e. The van der Waals surface area contributed by atoms with E-state index in [-0.39, 0.29) is 17.3 Å². The molecule has 0 bridgehead atoms. The van der Waals surface area contributed by atoms with E-state index in [0.29, 0.717) is 11.5 Å². The second-order valence-electron chi connectivity index (χ2n) is 5.25. The van der Waals surface area contributed by atoms with Gasteiger partial charge in [0.25, 0.3) is 5.91 Å². The number of hydrogen-bond acceptors (Lipinski definition) is 6. The van der Waals surface area contributed by atoms with Crippen molar-refractivity contribution in [1.29, 1.82) is 0 Å². The van der Waals surface area contributed by atoms with Crippen LogP contribution in [0.25, 0.3) is 0 Å². The van der Waals surface area contributed by atoms with Crippen LogP contribution in [0, 0.1) is 0 Å². The van der Waals surface area contributed by atoms with Crippen LogP contribution in [0.4, 0.5) is 11.5 Å². The van der Waals surface area contributed by atoms with E-state index in [2.05, 4.69) is 27.8 Å². The lowest BCUT2D eigenvalue weighted by atomic mass is 10.1. The SMILES string of the molecule is CCC(C)Nc1ccc(C(=O)Nc2ccccc2C(=O)OC)nn1. The lowest BCUT2D eigenvalue weighted by Gasteiger charge is -2.12. The molecule has 0 fully saturated rings. The van der Waals surface area contributed by atoms with Crippen molar-refractivity contribution >= 4 is 23.4 Å². The second kappa shape index (κ2) is 8.05. The molecule has 0 saturated carbocycles. The zero-order chi connectivity index (χ0) is 17.5. The minimum absolute atomic E-state index is 0.157. The van der Waals surface area contributed by atoms with Gasteiger partial charge in [-0.05, 0) is 37.6 Å². The molecule has 1 amide bonds. The first kappa shape index (κ1) is 17.4. The Morgan fingerprint density at radius 2 is 1.92 bits per heavy atom. The van der Waals surface area contributed by atoms with E-state index in [4.69, 9.17) is 4.74 Å². The predicted molar refractivity (Wildman–Crippen MR) is 91.1 cm³/mol. The van der Waals surface area contributed by atoms with E-state index in [1.807, 2.05) is 6.92 Å². The summed E-state index contributed by atoms with van der Waals surface area (Å²) in [5, 5.41) is 13.7. The number of anilines is 2. The molecule has 1 aromatic carbocycles. The monoisotopic (exact) mass is 328 g/mol. The van der Waals surface area contributed by atoms with Crippen LogP contribution >= 0.6 is 0 Å². The quantitative estimate of drug-likeness (QED) is 0.792. The lowest BCUT2D eigenvalue weighted by Crippen LogP contribution is -2.18. The van der Waals surface area contributed by atoms with E-state index < -0.39 is 11.9 Å². The molecule has 24 heavy (non-hydrogen) atoms. The molecule has 0 radical (unpaired) electrons. The number of carbonyl (C=O) groups excluding carboxylic acids is 2. The van der Waals surface area contributed by atoms with Crippen molar-refractivity contribution in [3.63, 3.8) is 0 Å². The number of ether oxygens (including phenoxy) is 1. The van der Waals surface area contributed by atoms with Gasteiger partial charge in [0.1, 0.15) is 5.82 Å². The van der Waals surface area contributed by atoms with Gasteiger partial charge in [-0.25, -0.2) is 4.79 Å². The molecule has 7 heteroatoms. The standard InChI is InChI=1S/C17H20N4O3/c1-4-11(2)18-15-10-9-14(20-21-15)16(22)19-13-8-6-5-7-12(13)17(23)24-3/h5-11H,4H2,1-3H3,(H,18,21)(H,19,22). The highest BCUT2D eigenvalue weighted by molar-refractivity contribution is 6.07. The molecule has 1 heterocycles. The Bertz CT molecular complexity index is 716. The number of carbonyl (C=O) groups is 2. The fraction of sp³-hybridized carbons (Fsp3) is 0.294. The van der Waals surface area contributed by atoms with Crippen molar-refractivity contribution in [3.05, 3.63) is 47.7 Å². The van der Waals surface area contributed by atoms with Gasteiger partial charge in [0.2, 0.25) is 0 Å². The van der Waals surface area contributed by atoms with Crippen molar-refractivity contribution in [2.75, 3.05) is 17.7 Å². The van der Waals surface area contributed by atoms with E-state index in [9.17, 15) is 9.59 Å². The molecule has 1 unspecified atom stereocenters. The molecule has 1 atom stereocenters. The lowest BCUT2D eigenvalue weighted by molar-refractivity contribution is 0.0602. The maximum atomic E-state index is 12.3. The van der Waals surface area contributed by atoms with Gasteiger partial charge in [-0.2, -0.15) is 0 Å². The summed E-state index contributed by atoms with van der Waals surface area (Å²) in [5.41, 5.74) is 0.790. The Balaban J connectivity index is 2.12. The van der Waals surface area contributed by atoms with Crippen LogP contribution in [0.1, 0.15) is 41.1 Å². The molecule has 0 spiro atoms. The number of hydrogen-bond donors (Lipinski definition) is 2. The summed E-state index contributed by atoms with van der Waals surface area (Å²) < 4.78 is 4.70. The molecule has 0 aliphatic heterocycles. The summed E-state index contributed by atoms with van der Waals surface area (Å²) in [6.07, 6.45) is 0.953. The first-order chi connectivity index (χ1) is 11.5. The van der Waals surface area contributed by atoms with Gasteiger partial charge < -0.3 is 15.4 Å². The number of esters is 1. The number of para-hydroxylation sites is 1. The zero-order valence-corrected chi connectivity index (χ0v) is 13.9. The first-order valence-electron chi connectivity index (χ1n) is 7.64. The highest BCUT2D eigenvalue weighted by atomic mass is 16.5. The van der Waals surface area contributed by atoms with E-state index in [0.717, 1.165) is 6.42 Å². The van der Waals surface area contributed by atoms with Crippen LogP contribution in [0.3, 0.4) is 0 Å². The van der Waals surface area contributed by atoms with Crippen LogP contribution in [0.2, 0.25) is 0 Å². The molecule has 0 aliphatic rings. The second-order valence-corrected chi connectivity index (χ2v) is 5.25. The average molecular weight is 328 g/mol. The van der Waals surface area contributed by atoms with Crippen molar-refractivity contribution in [3.8, 4) is 0 Å². The Kier molecular flexibility index (Phi) is 5.83. The van der Waals surface area contributed by atoms with Crippen molar-refractivity contribution < 1.29 is 14.3 Å². The molecule has 2 N–H and O–H groups in total. The van der Waals surface area contributed by atoms with Gasteiger partial charge in [0.05, 0.1) is 18.4 Å². The van der Waals surface area contributed by atoms with E-state index in [1.54, 1.807) is 36.4 Å². The summed E-state index contributed by atoms with van der Waals surface area (Å²) in [6, 6.07) is 10.1. The Morgan fingerprint density at radius 1 is 1.17 bits per heavy atom. The summed E-state index contributed by atoms with van der Waals surface area (Å²) in [6.45, 7) is 4.09. The maximum absolute atomic E-state index is 12.3. The number of rotatable bonds is 6. The van der Waals surface area contributed by atoms with Gasteiger partial charge in [0, 0.05) is 6.04 Å². The molecule has 7 nitrogen and oxygen atoms in total. The van der Waals surface area contributed by atoms with Crippen molar-refractivity contribution in [2.24, 2.45) is 0 Å². The van der Waals surface area contributed by atoms with Gasteiger partial charge in [0.15, 0.2) is 5.69 Å². The third kappa shape index (κ3) is 4.28. The molecule has 1 aromatic heterocycles. The van der Waals surface area contributed by atoms with E-state index >= 15 is 0 Å². The highest BCUT2D eigenvalue weighted by Gasteiger charge is 2.15. The van der Waals surface area contributed by atoms with Crippen LogP contribution in [-0.4, -0.2) is 35.2 Å². The van der Waals surface area contributed by atoms with Crippen LogP contribution in [0.5, 0.6) is 0 Å². The van der Waals surface area contributed by atoms with Gasteiger partial charge >= 0.3 is 5.97 Å². The van der Waals surface area contributed by atoms with Crippen molar-refractivity contribution in [2.45, 2.75) is 26.3 Å². The van der Waals surface area contributed by atoms with Crippen molar-refractivity contribution in [1.82, 2.24) is 10.2 Å². The summed E-state index contributed by atoms with van der Waals surface area (Å²) in [4.78, 5) is 24.0. The molecule has 0 saturated heterocycles. The number of benzene rings is 1. The molecule has 2 rings (SSSR count). The Hall–Kier alpha value is -2.96. The number of aromatic nitrogens is 2. The van der Waals surface area contributed by atoms with Gasteiger partial charge in [-0.15, -0.1) is 10.2 Å². The predicted octanol–water partition coefficient (Wildman–Crippen LogP) is 2.73. The molecule has 126 valence electrons. The number of methoxy groups -OCH3 is 1. The molecule has 2 aromatic rings. The molecular weight excluding hydrogens is 308 g/mol. The Morgan fingerprint density at radius 3 is 2.54 bits per heavy atom. The zero-order valence-electron chi connectivity index (χ0n) is 13.9. The summed E-state index contributed by atoms with van der Waals surface area (Å²) in [5.74, 6) is -0.366. The Labute approximate surface area is 140 Å². The fourth-order valence-electron chi connectivity index (χ4n) is 1.95. The highest BCUT2D eigenvalue weighted by Crippen LogP contribution is 2.17. The summed E-state index contributed by atoms with van der Waals surface area (Å²) >= 11 is 0. The summed E-state index contributed by atoms with van der Waals surface area (Å²) in [7, 11) is 1.29. The number of nitrogens with zero attached hydrogens (tertiary/aromatic N) is 2. The maximum Gasteiger partial charge on any atom is 0.339 e. The van der Waals surface area contributed by atoms with Crippen LogP contribution < -0.4 is 10.6 Å². The third-order valence-electron chi connectivity index (χ3n) is 3.48. The van der Waals surface area contributed by atoms with Gasteiger partial charge in [-0.3, -0.25) is 4.79 Å². The minimum atomic E-state index is -0.523. The smallest absolute Gasteiger partial charge is 0.339 e.